The molecule has 0 spiro atoms. The Hall–Kier alpha value is -1.98. The van der Waals surface area contributed by atoms with Crippen LogP contribution in [0.15, 0.2) is 36.4 Å². The van der Waals surface area contributed by atoms with Crippen LogP contribution in [-0.2, 0) is 6.61 Å². The van der Waals surface area contributed by atoms with Crippen molar-refractivity contribution < 1.29 is 17.7 Å². The standard InChI is InChI=1S/C14H14BF3NO/c1-10-8-13(6-7-14(10)15(16,17)18)20-9-12-5-3-4-11(2)19-12/h3-8H,9H2,1-2H3/q-1. The highest BCUT2D eigenvalue weighted by Gasteiger charge is 2.27. The average molecular weight is 280 g/mol. The van der Waals surface area contributed by atoms with Crippen LogP contribution in [0.3, 0.4) is 0 Å². The van der Waals surface area contributed by atoms with Gasteiger partial charge >= 0.3 is 6.98 Å². The second-order valence-corrected chi connectivity index (χ2v) is 4.65. The van der Waals surface area contributed by atoms with E-state index in [1.165, 1.54) is 19.1 Å². The smallest absolute Gasteiger partial charge is 0.487 e. The summed E-state index contributed by atoms with van der Waals surface area (Å²) in [6.07, 6.45) is 0. The first-order valence-corrected chi connectivity index (χ1v) is 6.22. The summed E-state index contributed by atoms with van der Waals surface area (Å²) >= 11 is 0. The molecule has 1 aromatic heterocycles. The van der Waals surface area contributed by atoms with E-state index in [1.54, 1.807) is 0 Å². The van der Waals surface area contributed by atoms with Crippen molar-refractivity contribution in [3.63, 3.8) is 0 Å². The highest BCUT2D eigenvalue weighted by atomic mass is 19.4. The van der Waals surface area contributed by atoms with Gasteiger partial charge in [-0.15, -0.1) is 5.46 Å². The molecule has 1 heterocycles. The van der Waals surface area contributed by atoms with Crippen LogP contribution in [0, 0.1) is 13.8 Å². The second-order valence-electron chi connectivity index (χ2n) is 4.65. The lowest BCUT2D eigenvalue weighted by atomic mass is 9.77. The maximum Gasteiger partial charge on any atom is 0.509 e. The van der Waals surface area contributed by atoms with E-state index in [9.17, 15) is 12.9 Å². The molecular weight excluding hydrogens is 266 g/mol. The molecule has 0 aliphatic carbocycles. The van der Waals surface area contributed by atoms with Crippen molar-refractivity contribution in [1.82, 2.24) is 4.98 Å². The minimum absolute atomic E-state index is 0.173. The first-order chi connectivity index (χ1) is 9.36. The number of rotatable bonds is 4. The summed E-state index contributed by atoms with van der Waals surface area (Å²) in [5, 5.41) is 0. The van der Waals surface area contributed by atoms with Crippen LogP contribution in [0.2, 0.25) is 0 Å². The molecule has 0 saturated carbocycles. The molecule has 0 unspecified atom stereocenters. The Morgan fingerprint density at radius 1 is 1.10 bits per heavy atom. The predicted molar refractivity (Wildman–Crippen MR) is 73.2 cm³/mol. The minimum atomic E-state index is -4.98. The van der Waals surface area contributed by atoms with E-state index >= 15 is 0 Å². The highest BCUT2D eigenvalue weighted by molar-refractivity contribution is 6.74. The number of benzene rings is 1. The Balaban J connectivity index is 2.10. The third kappa shape index (κ3) is 3.53. The van der Waals surface area contributed by atoms with E-state index in [0.29, 0.717) is 5.75 Å². The Kier molecular flexibility index (Phi) is 4.02. The zero-order chi connectivity index (χ0) is 14.8. The van der Waals surface area contributed by atoms with Crippen LogP contribution >= 0.6 is 0 Å². The van der Waals surface area contributed by atoms with Gasteiger partial charge in [0.2, 0.25) is 0 Å². The lowest BCUT2D eigenvalue weighted by Gasteiger charge is -2.18. The quantitative estimate of drug-likeness (QED) is 0.801. The zero-order valence-corrected chi connectivity index (χ0v) is 11.2. The molecule has 0 N–H and O–H groups in total. The molecule has 0 aliphatic heterocycles. The first kappa shape index (κ1) is 14.4. The van der Waals surface area contributed by atoms with Gasteiger partial charge in [-0.2, -0.15) is 0 Å². The van der Waals surface area contributed by atoms with Crippen LogP contribution < -0.4 is 10.2 Å². The van der Waals surface area contributed by atoms with Gasteiger partial charge < -0.3 is 17.7 Å². The Morgan fingerprint density at radius 2 is 1.85 bits per heavy atom. The first-order valence-electron chi connectivity index (χ1n) is 6.22. The van der Waals surface area contributed by atoms with E-state index in [0.717, 1.165) is 17.5 Å². The van der Waals surface area contributed by atoms with Crippen molar-refractivity contribution >= 4 is 12.4 Å². The number of pyridine rings is 1. The normalized spacial score (nSPS) is 11.4. The zero-order valence-electron chi connectivity index (χ0n) is 11.2. The summed E-state index contributed by atoms with van der Waals surface area (Å²) in [7, 11) is 0. The molecular formula is C14H14BF3NO-. The third-order valence-corrected chi connectivity index (χ3v) is 2.93. The molecule has 0 amide bonds. The van der Waals surface area contributed by atoms with E-state index < -0.39 is 12.4 Å². The van der Waals surface area contributed by atoms with Crippen LogP contribution in [-0.4, -0.2) is 12.0 Å². The van der Waals surface area contributed by atoms with Gasteiger partial charge in [0.15, 0.2) is 0 Å². The molecule has 6 heteroatoms. The number of aryl methyl sites for hydroxylation is 2. The SMILES string of the molecule is Cc1cccc(COc2ccc([B-](F)(F)F)c(C)c2)n1. The van der Waals surface area contributed by atoms with Gasteiger partial charge in [-0.1, -0.05) is 17.7 Å². The average Bonchev–Trinajstić information content (AvgIpc) is 2.35. The van der Waals surface area contributed by atoms with E-state index in [-0.39, 0.29) is 12.2 Å². The number of hydrogen-bond donors (Lipinski definition) is 0. The molecule has 0 bridgehead atoms. The summed E-state index contributed by atoms with van der Waals surface area (Å²) in [6.45, 7) is -1.44. The molecule has 0 saturated heterocycles. The lowest BCUT2D eigenvalue weighted by molar-refractivity contribution is 0.301. The fourth-order valence-corrected chi connectivity index (χ4v) is 1.94. The molecule has 106 valence electrons. The molecule has 0 aliphatic rings. The van der Waals surface area contributed by atoms with Crippen LogP contribution in [0.5, 0.6) is 5.75 Å². The Bertz CT molecular complexity index is 614. The van der Waals surface area contributed by atoms with Gasteiger partial charge in [0, 0.05) is 5.69 Å². The van der Waals surface area contributed by atoms with Crippen molar-refractivity contribution in [2.24, 2.45) is 0 Å². The summed E-state index contributed by atoms with van der Waals surface area (Å²) in [4.78, 5) is 4.27. The topological polar surface area (TPSA) is 22.1 Å². The number of hydrogen-bond acceptors (Lipinski definition) is 2. The molecule has 2 aromatic rings. The number of nitrogens with zero attached hydrogens (tertiary/aromatic N) is 1. The number of ether oxygens (including phenoxy) is 1. The molecule has 0 fully saturated rings. The largest absolute Gasteiger partial charge is 0.509 e. The van der Waals surface area contributed by atoms with Crippen molar-refractivity contribution in [2.75, 3.05) is 0 Å². The van der Waals surface area contributed by atoms with E-state index in [1.807, 2.05) is 25.1 Å². The second kappa shape index (κ2) is 5.57. The van der Waals surface area contributed by atoms with Crippen molar-refractivity contribution in [3.05, 3.63) is 53.3 Å². The highest BCUT2D eigenvalue weighted by Crippen LogP contribution is 2.18. The molecule has 1 aromatic carbocycles. The fourth-order valence-electron chi connectivity index (χ4n) is 1.94. The number of aromatic nitrogens is 1. The van der Waals surface area contributed by atoms with Gasteiger partial charge in [0.25, 0.3) is 0 Å². The van der Waals surface area contributed by atoms with Gasteiger partial charge in [-0.25, -0.2) is 0 Å². The Labute approximate surface area is 115 Å². The van der Waals surface area contributed by atoms with Crippen LogP contribution in [0.25, 0.3) is 0 Å². The molecule has 2 rings (SSSR count). The third-order valence-electron chi connectivity index (χ3n) is 2.93. The summed E-state index contributed by atoms with van der Waals surface area (Å²) in [5.41, 5.74) is 1.21. The van der Waals surface area contributed by atoms with Crippen LogP contribution in [0.4, 0.5) is 12.9 Å². The van der Waals surface area contributed by atoms with Crippen molar-refractivity contribution in [1.29, 1.82) is 0 Å². The fraction of sp³-hybridized carbons (Fsp3) is 0.214. The monoisotopic (exact) mass is 280 g/mol. The minimum Gasteiger partial charge on any atom is -0.487 e. The molecule has 2 nitrogen and oxygen atoms in total. The van der Waals surface area contributed by atoms with E-state index in [2.05, 4.69) is 4.98 Å². The maximum absolute atomic E-state index is 12.7. The summed E-state index contributed by atoms with van der Waals surface area (Å²) in [6, 6.07) is 9.35. The van der Waals surface area contributed by atoms with Gasteiger partial charge in [-0.3, -0.25) is 4.98 Å². The van der Waals surface area contributed by atoms with Crippen LogP contribution in [0.1, 0.15) is 17.0 Å². The van der Waals surface area contributed by atoms with Gasteiger partial charge in [0.1, 0.15) is 12.4 Å². The Morgan fingerprint density at radius 3 is 2.45 bits per heavy atom. The summed E-state index contributed by atoms with van der Waals surface area (Å²) < 4.78 is 43.5. The maximum atomic E-state index is 12.7. The van der Waals surface area contributed by atoms with Crippen molar-refractivity contribution in [2.45, 2.75) is 20.5 Å². The van der Waals surface area contributed by atoms with Gasteiger partial charge in [-0.05, 0) is 38.1 Å². The summed E-state index contributed by atoms with van der Waals surface area (Å²) in [5.74, 6) is 0.412. The predicted octanol–water partition coefficient (Wildman–Crippen LogP) is 3.33. The van der Waals surface area contributed by atoms with Crippen molar-refractivity contribution in [3.8, 4) is 5.75 Å². The van der Waals surface area contributed by atoms with E-state index in [4.69, 9.17) is 4.74 Å². The molecule has 0 atom stereocenters. The number of halogens is 3. The van der Waals surface area contributed by atoms with Gasteiger partial charge in [0.05, 0.1) is 5.69 Å². The molecule has 20 heavy (non-hydrogen) atoms. The molecule has 0 radical (unpaired) electrons. The lowest BCUT2D eigenvalue weighted by Crippen LogP contribution is -2.35.